The van der Waals surface area contributed by atoms with Gasteiger partial charge in [0.05, 0.1) is 5.02 Å². The van der Waals surface area contributed by atoms with E-state index in [-0.39, 0.29) is 11.1 Å². The Morgan fingerprint density at radius 1 is 1.18 bits per heavy atom. The van der Waals surface area contributed by atoms with Crippen LogP contribution in [0.15, 0.2) is 40.9 Å². The van der Waals surface area contributed by atoms with Gasteiger partial charge in [0.2, 0.25) is 0 Å². The summed E-state index contributed by atoms with van der Waals surface area (Å²) >= 11 is 9.20. The van der Waals surface area contributed by atoms with E-state index in [0.29, 0.717) is 18.1 Å². The number of halogens is 3. The van der Waals surface area contributed by atoms with E-state index in [9.17, 15) is 4.39 Å². The SMILES string of the molecule is Fc1ccc(COc2ccc(Br)cc2OC2CNC2)cc1Cl. The minimum Gasteiger partial charge on any atom is -0.485 e. The van der Waals surface area contributed by atoms with Crippen molar-refractivity contribution in [1.82, 2.24) is 5.32 Å². The summed E-state index contributed by atoms with van der Waals surface area (Å²) in [7, 11) is 0. The molecule has 2 aromatic rings. The van der Waals surface area contributed by atoms with E-state index in [2.05, 4.69) is 21.2 Å². The number of nitrogens with one attached hydrogen (secondary N) is 1. The molecule has 1 fully saturated rings. The van der Waals surface area contributed by atoms with E-state index in [1.165, 1.54) is 6.07 Å². The second-order valence-electron chi connectivity index (χ2n) is 5.03. The lowest BCUT2D eigenvalue weighted by atomic mass is 10.2. The number of hydrogen-bond acceptors (Lipinski definition) is 3. The largest absolute Gasteiger partial charge is 0.485 e. The van der Waals surface area contributed by atoms with Crippen molar-refractivity contribution in [3.63, 3.8) is 0 Å². The maximum atomic E-state index is 13.2. The lowest BCUT2D eigenvalue weighted by Gasteiger charge is -2.28. The van der Waals surface area contributed by atoms with Crippen molar-refractivity contribution in [3.05, 3.63) is 57.3 Å². The summed E-state index contributed by atoms with van der Waals surface area (Å²) in [4.78, 5) is 0. The average molecular weight is 387 g/mol. The lowest BCUT2D eigenvalue weighted by Crippen LogP contribution is -2.50. The topological polar surface area (TPSA) is 30.5 Å². The van der Waals surface area contributed by atoms with Crippen LogP contribution < -0.4 is 14.8 Å². The van der Waals surface area contributed by atoms with Gasteiger partial charge in [0.1, 0.15) is 18.5 Å². The van der Waals surface area contributed by atoms with Gasteiger partial charge in [-0.15, -0.1) is 0 Å². The fourth-order valence-corrected chi connectivity index (χ4v) is 2.55. The predicted molar refractivity (Wildman–Crippen MR) is 87.2 cm³/mol. The molecule has 3 nitrogen and oxygen atoms in total. The Hall–Kier alpha value is -1.30. The van der Waals surface area contributed by atoms with Crippen molar-refractivity contribution in [2.45, 2.75) is 12.7 Å². The van der Waals surface area contributed by atoms with Gasteiger partial charge in [0.25, 0.3) is 0 Å². The van der Waals surface area contributed by atoms with Gasteiger partial charge in [-0.3, -0.25) is 0 Å². The second-order valence-corrected chi connectivity index (χ2v) is 6.35. The Bertz CT molecular complexity index is 679. The molecule has 0 aromatic heterocycles. The van der Waals surface area contributed by atoms with Crippen LogP contribution in [0.25, 0.3) is 0 Å². The lowest BCUT2D eigenvalue weighted by molar-refractivity contribution is 0.134. The Morgan fingerprint density at radius 3 is 2.68 bits per heavy atom. The maximum absolute atomic E-state index is 13.2. The Morgan fingerprint density at radius 2 is 2.00 bits per heavy atom. The highest BCUT2D eigenvalue weighted by Crippen LogP contribution is 2.32. The molecule has 0 atom stereocenters. The van der Waals surface area contributed by atoms with E-state index in [0.717, 1.165) is 23.1 Å². The summed E-state index contributed by atoms with van der Waals surface area (Å²) < 4.78 is 25.8. The highest BCUT2D eigenvalue weighted by molar-refractivity contribution is 9.10. The number of rotatable bonds is 5. The molecule has 6 heteroatoms. The first-order valence-corrected chi connectivity index (χ1v) is 8.02. The Balaban J connectivity index is 1.71. The standard InChI is InChI=1S/C16H14BrClFNO2/c17-11-2-4-15(16(6-11)22-12-7-20-8-12)21-9-10-1-3-14(19)13(18)5-10/h1-6,12,20H,7-9H2. The van der Waals surface area contributed by atoms with Crippen LogP contribution in [0.5, 0.6) is 11.5 Å². The molecule has 0 unspecified atom stereocenters. The van der Waals surface area contributed by atoms with Crippen molar-refractivity contribution in [3.8, 4) is 11.5 Å². The highest BCUT2D eigenvalue weighted by atomic mass is 79.9. The zero-order valence-electron chi connectivity index (χ0n) is 11.6. The quantitative estimate of drug-likeness (QED) is 0.836. The Labute approximate surface area is 141 Å². The molecular weight excluding hydrogens is 373 g/mol. The van der Waals surface area contributed by atoms with E-state index in [4.69, 9.17) is 21.1 Å². The molecule has 0 amide bonds. The van der Waals surface area contributed by atoms with Crippen LogP contribution in [-0.4, -0.2) is 19.2 Å². The maximum Gasteiger partial charge on any atom is 0.162 e. The summed E-state index contributed by atoms with van der Waals surface area (Å²) in [5.74, 6) is 0.903. The van der Waals surface area contributed by atoms with Crippen molar-refractivity contribution >= 4 is 27.5 Å². The molecule has 0 radical (unpaired) electrons. The summed E-state index contributed by atoms with van der Waals surface area (Å²) in [6, 6.07) is 10.2. The van der Waals surface area contributed by atoms with Gasteiger partial charge in [-0.2, -0.15) is 0 Å². The molecule has 2 aromatic carbocycles. The van der Waals surface area contributed by atoms with Gasteiger partial charge in [-0.25, -0.2) is 4.39 Å². The van der Waals surface area contributed by atoms with Gasteiger partial charge in [0, 0.05) is 17.6 Å². The van der Waals surface area contributed by atoms with Gasteiger partial charge < -0.3 is 14.8 Å². The van der Waals surface area contributed by atoms with Crippen LogP contribution in [0.2, 0.25) is 5.02 Å². The molecule has 0 aliphatic carbocycles. The minimum absolute atomic E-state index is 0.0916. The first-order valence-electron chi connectivity index (χ1n) is 6.85. The average Bonchev–Trinajstić information content (AvgIpc) is 2.45. The molecule has 1 heterocycles. The number of benzene rings is 2. The van der Waals surface area contributed by atoms with Gasteiger partial charge in [-0.1, -0.05) is 33.6 Å². The fourth-order valence-electron chi connectivity index (χ4n) is 2.01. The molecule has 0 spiro atoms. The summed E-state index contributed by atoms with van der Waals surface area (Å²) in [6.45, 7) is 1.96. The molecule has 22 heavy (non-hydrogen) atoms. The third kappa shape index (κ3) is 3.72. The Kier molecular flexibility index (Phi) is 4.86. The van der Waals surface area contributed by atoms with Crippen LogP contribution in [-0.2, 0) is 6.61 Å². The van der Waals surface area contributed by atoms with Crippen LogP contribution in [0.3, 0.4) is 0 Å². The van der Waals surface area contributed by atoms with E-state index in [1.807, 2.05) is 18.2 Å². The van der Waals surface area contributed by atoms with Gasteiger partial charge in [-0.05, 0) is 35.9 Å². The molecule has 3 rings (SSSR count). The monoisotopic (exact) mass is 385 g/mol. The van der Waals surface area contributed by atoms with Gasteiger partial charge >= 0.3 is 0 Å². The molecule has 1 aliphatic heterocycles. The minimum atomic E-state index is -0.435. The van der Waals surface area contributed by atoms with Crippen LogP contribution in [0.4, 0.5) is 4.39 Å². The molecule has 1 N–H and O–H groups in total. The zero-order valence-corrected chi connectivity index (χ0v) is 14.0. The van der Waals surface area contributed by atoms with Crippen LogP contribution in [0, 0.1) is 5.82 Å². The van der Waals surface area contributed by atoms with Crippen molar-refractivity contribution in [2.24, 2.45) is 0 Å². The molecule has 116 valence electrons. The first-order chi connectivity index (χ1) is 10.6. The van der Waals surface area contributed by atoms with E-state index < -0.39 is 5.82 Å². The van der Waals surface area contributed by atoms with Crippen LogP contribution >= 0.6 is 27.5 Å². The van der Waals surface area contributed by atoms with E-state index in [1.54, 1.807) is 12.1 Å². The van der Waals surface area contributed by atoms with Gasteiger partial charge in [0.15, 0.2) is 11.5 Å². The van der Waals surface area contributed by atoms with Crippen molar-refractivity contribution in [1.29, 1.82) is 0 Å². The third-order valence-electron chi connectivity index (χ3n) is 3.32. The fraction of sp³-hybridized carbons (Fsp3) is 0.250. The summed E-state index contributed by atoms with van der Waals surface area (Å²) in [5, 5.41) is 3.25. The normalized spacial score (nSPS) is 14.5. The smallest absolute Gasteiger partial charge is 0.162 e. The number of hydrogen-bond donors (Lipinski definition) is 1. The molecule has 0 bridgehead atoms. The predicted octanol–water partition coefficient (Wildman–Crippen LogP) is 4.17. The second kappa shape index (κ2) is 6.86. The van der Waals surface area contributed by atoms with Crippen LogP contribution in [0.1, 0.15) is 5.56 Å². The molecule has 0 saturated carbocycles. The summed E-state index contributed by atoms with van der Waals surface area (Å²) in [5.41, 5.74) is 0.797. The molecule has 1 saturated heterocycles. The van der Waals surface area contributed by atoms with Crippen molar-refractivity contribution in [2.75, 3.05) is 13.1 Å². The highest BCUT2D eigenvalue weighted by Gasteiger charge is 2.20. The van der Waals surface area contributed by atoms with Crippen molar-refractivity contribution < 1.29 is 13.9 Å². The number of ether oxygens (including phenoxy) is 2. The summed E-state index contributed by atoms with van der Waals surface area (Å²) in [6.07, 6.45) is 0.164. The van der Waals surface area contributed by atoms with E-state index >= 15 is 0 Å². The third-order valence-corrected chi connectivity index (χ3v) is 4.10. The zero-order chi connectivity index (χ0) is 15.5. The first kappa shape index (κ1) is 15.6. The molecule has 1 aliphatic rings. The molecular formula is C16H14BrClFNO2.